The number of rotatable bonds is 3. The quantitative estimate of drug-likeness (QED) is 0.918. The molecule has 0 radical (unpaired) electrons. The monoisotopic (exact) mass is 256 g/mol. The fraction of sp³-hybridized carbons (Fsp3) is 0.0909. The first-order valence-electron chi connectivity index (χ1n) is 4.86. The van der Waals surface area contributed by atoms with Crippen LogP contribution in [0.5, 0.6) is 0 Å². The molecule has 1 aromatic carbocycles. The van der Waals surface area contributed by atoms with Crippen LogP contribution < -0.4 is 0 Å². The van der Waals surface area contributed by atoms with Crippen molar-refractivity contribution in [1.29, 1.82) is 0 Å². The van der Waals surface area contributed by atoms with Gasteiger partial charge in [-0.15, -0.1) is 0 Å². The molecule has 18 heavy (non-hydrogen) atoms. The van der Waals surface area contributed by atoms with Gasteiger partial charge in [0, 0.05) is 6.20 Å². The van der Waals surface area contributed by atoms with Crippen LogP contribution in [-0.2, 0) is 0 Å². The van der Waals surface area contributed by atoms with Crippen molar-refractivity contribution in [2.24, 2.45) is 0 Å². The van der Waals surface area contributed by atoms with E-state index in [1.54, 1.807) is 0 Å². The Bertz CT molecular complexity index is 596. The number of carboxylic acid groups (broad SMARTS) is 1. The van der Waals surface area contributed by atoms with Crippen LogP contribution in [0.4, 0.5) is 13.2 Å². The van der Waals surface area contributed by atoms with Gasteiger partial charge in [-0.05, 0) is 12.1 Å². The number of alkyl halides is 2. The number of hydrogen-bond acceptors (Lipinski definition) is 2. The first-order chi connectivity index (χ1) is 8.50. The summed E-state index contributed by atoms with van der Waals surface area (Å²) in [5, 5.41) is 12.2. The van der Waals surface area contributed by atoms with Gasteiger partial charge in [-0.3, -0.25) is 0 Å². The fourth-order valence-corrected chi connectivity index (χ4v) is 1.47. The molecule has 2 rings (SSSR count). The number of aromatic carboxylic acids is 1. The first kappa shape index (κ1) is 12.2. The van der Waals surface area contributed by atoms with E-state index < -0.39 is 29.5 Å². The van der Waals surface area contributed by atoms with Gasteiger partial charge in [0.05, 0.1) is 0 Å². The lowest BCUT2D eigenvalue weighted by Crippen LogP contribution is -2.00. The summed E-state index contributed by atoms with van der Waals surface area (Å²) in [6.07, 6.45) is -2.17. The molecule has 0 bridgehead atoms. The van der Waals surface area contributed by atoms with Gasteiger partial charge in [0.1, 0.15) is 22.8 Å². The summed E-state index contributed by atoms with van der Waals surface area (Å²) in [5.74, 6) is -2.22. The molecule has 7 heteroatoms. The van der Waals surface area contributed by atoms with Gasteiger partial charge in [0.2, 0.25) is 0 Å². The highest BCUT2D eigenvalue weighted by Gasteiger charge is 2.23. The van der Waals surface area contributed by atoms with Crippen molar-refractivity contribution in [3.8, 4) is 5.69 Å². The predicted octanol–water partition coefficient (Wildman–Crippen LogP) is 2.65. The number of hydrogen-bond donors (Lipinski definition) is 1. The summed E-state index contributed by atoms with van der Waals surface area (Å²) in [6.45, 7) is 0. The van der Waals surface area contributed by atoms with E-state index in [2.05, 4.69) is 5.10 Å². The van der Waals surface area contributed by atoms with E-state index in [0.717, 1.165) is 16.9 Å². The van der Waals surface area contributed by atoms with Crippen molar-refractivity contribution in [2.75, 3.05) is 0 Å². The second-order valence-electron chi connectivity index (χ2n) is 3.43. The first-order valence-corrected chi connectivity index (χ1v) is 4.86. The van der Waals surface area contributed by atoms with E-state index in [1.807, 2.05) is 0 Å². The molecule has 0 aliphatic heterocycles. The molecule has 2 aromatic rings. The summed E-state index contributed by atoms with van der Waals surface area (Å²) in [5.41, 5.74) is -1.62. The van der Waals surface area contributed by atoms with E-state index in [9.17, 15) is 18.0 Å². The summed E-state index contributed by atoms with van der Waals surface area (Å²) < 4.78 is 39.4. The van der Waals surface area contributed by atoms with Crippen molar-refractivity contribution in [3.05, 3.63) is 47.5 Å². The molecule has 0 spiro atoms. The molecule has 0 saturated heterocycles. The van der Waals surface area contributed by atoms with Crippen LogP contribution in [0, 0.1) is 5.82 Å². The SMILES string of the molecule is O=C(O)c1cn(-c2ccccc2F)nc1C(F)F. The number of halogens is 3. The zero-order valence-corrected chi connectivity index (χ0v) is 8.85. The lowest BCUT2D eigenvalue weighted by molar-refractivity contribution is 0.0684. The largest absolute Gasteiger partial charge is 0.478 e. The molecule has 4 nitrogen and oxygen atoms in total. The molecule has 94 valence electrons. The Morgan fingerprint density at radius 1 is 1.33 bits per heavy atom. The molecule has 1 aromatic heterocycles. The van der Waals surface area contributed by atoms with Crippen molar-refractivity contribution in [3.63, 3.8) is 0 Å². The fourth-order valence-electron chi connectivity index (χ4n) is 1.47. The van der Waals surface area contributed by atoms with Crippen molar-refractivity contribution in [1.82, 2.24) is 9.78 Å². The van der Waals surface area contributed by atoms with Crippen LogP contribution in [0.1, 0.15) is 22.5 Å². The van der Waals surface area contributed by atoms with E-state index in [-0.39, 0.29) is 5.69 Å². The summed E-state index contributed by atoms with van der Waals surface area (Å²) in [6, 6.07) is 5.35. The van der Waals surface area contributed by atoms with Crippen LogP contribution in [0.2, 0.25) is 0 Å². The molecule has 0 aliphatic carbocycles. The summed E-state index contributed by atoms with van der Waals surface area (Å²) in [4.78, 5) is 10.8. The van der Waals surface area contributed by atoms with Gasteiger partial charge in [-0.25, -0.2) is 22.6 Å². The molecule has 0 saturated carbocycles. The molecule has 0 atom stereocenters. The summed E-state index contributed by atoms with van der Waals surface area (Å²) >= 11 is 0. The van der Waals surface area contributed by atoms with Crippen molar-refractivity contribution >= 4 is 5.97 Å². The zero-order chi connectivity index (χ0) is 13.3. The minimum atomic E-state index is -3.04. The Morgan fingerprint density at radius 2 is 2.00 bits per heavy atom. The topological polar surface area (TPSA) is 55.1 Å². The average molecular weight is 256 g/mol. The standard InChI is InChI=1S/C11H7F3N2O2/c12-7-3-1-2-4-8(7)16-5-6(11(17)18)9(15-16)10(13)14/h1-5,10H,(H,17,18). The number of para-hydroxylation sites is 1. The third-order valence-corrected chi connectivity index (χ3v) is 2.28. The molecular weight excluding hydrogens is 249 g/mol. The normalized spacial score (nSPS) is 10.9. The maximum Gasteiger partial charge on any atom is 0.339 e. The van der Waals surface area contributed by atoms with Crippen LogP contribution >= 0.6 is 0 Å². The highest BCUT2D eigenvalue weighted by Crippen LogP contribution is 2.23. The minimum Gasteiger partial charge on any atom is -0.478 e. The number of carbonyl (C=O) groups is 1. The molecule has 1 N–H and O–H groups in total. The van der Waals surface area contributed by atoms with Crippen molar-refractivity contribution < 1.29 is 23.1 Å². The van der Waals surface area contributed by atoms with Gasteiger partial charge in [0.15, 0.2) is 0 Å². The average Bonchev–Trinajstić information content (AvgIpc) is 2.74. The van der Waals surface area contributed by atoms with Gasteiger partial charge in [-0.2, -0.15) is 5.10 Å². The van der Waals surface area contributed by atoms with Crippen LogP contribution in [0.25, 0.3) is 5.69 Å². The maximum atomic E-state index is 13.4. The maximum absolute atomic E-state index is 13.4. The molecule has 1 heterocycles. The number of aromatic nitrogens is 2. The highest BCUT2D eigenvalue weighted by atomic mass is 19.3. The molecule has 0 fully saturated rings. The van der Waals surface area contributed by atoms with Gasteiger partial charge >= 0.3 is 5.97 Å². The molecule has 0 aliphatic rings. The predicted molar refractivity (Wildman–Crippen MR) is 55.4 cm³/mol. The Kier molecular flexibility index (Phi) is 3.05. The Labute approximate surface area is 99.3 Å². The lowest BCUT2D eigenvalue weighted by atomic mass is 10.2. The summed E-state index contributed by atoms with van der Waals surface area (Å²) in [7, 11) is 0. The third-order valence-electron chi connectivity index (χ3n) is 2.28. The van der Waals surface area contributed by atoms with Gasteiger partial charge < -0.3 is 5.11 Å². The highest BCUT2D eigenvalue weighted by molar-refractivity contribution is 5.88. The third kappa shape index (κ3) is 2.06. The Morgan fingerprint density at radius 3 is 2.50 bits per heavy atom. The Hall–Kier alpha value is -2.31. The van der Waals surface area contributed by atoms with Crippen LogP contribution in [0.15, 0.2) is 30.5 Å². The van der Waals surface area contributed by atoms with E-state index >= 15 is 0 Å². The second-order valence-corrected chi connectivity index (χ2v) is 3.43. The Balaban J connectivity index is 2.57. The number of nitrogens with zero attached hydrogens (tertiary/aromatic N) is 2. The zero-order valence-electron chi connectivity index (χ0n) is 8.85. The van der Waals surface area contributed by atoms with Gasteiger partial charge in [0.25, 0.3) is 6.43 Å². The van der Waals surface area contributed by atoms with E-state index in [4.69, 9.17) is 5.11 Å². The molecule has 0 unspecified atom stereocenters. The van der Waals surface area contributed by atoms with E-state index in [1.165, 1.54) is 18.2 Å². The lowest BCUT2D eigenvalue weighted by Gasteiger charge is -2.01. The smallest absolute Gasteiger partial charge is 0.339 e. The minimum absolute atomic E-state index is 0.0908. The van der Waals surface area contributed by atoms with Crippen LogP contribution in [-0.4, -0.2) is 20.9 Å². The second kappa shape index (κ2) is 4.52. The number of benzene rings is 1. The molecular formula is C11H7F3N2O2. The van der Waals surface area contributed by atoms with Crippen LogP contribution in [0.3, 0.4) is 0 Å². The molecule has 0 amide bonds. The van der Waals surface area contributed by atoms with Gasteiger partial charge in [-0.1, -0.05) is 12.1 Å². The number of carboxylic acids is 1. The van der Waals surface area contributed by atoms with E-state index in [0.29, 0.717) is 0 Å². The van der Waals surface area contributed by atoms with Crippen molar-refractivity contribution in [2.45, 2.75) is 6.43 Å².